The second-order valence-corrected chi connectivity index (χ2v) is 7.54. The third-order valence-electron chi connectivity index (χ3n) is 3.49. The van der Waals surface area contributed by atoms with Crippen molar-refractivity contribution >= 4 is 21.7 Å². The van der Waals surface area contributed by atoms with Gasteiger partial charge in [-0.05, 0) is 44.9 Å². The third-order valence-corrected chi connectivity index (χ3v) is 4.95. The Hall–Kier alpha value is -1.64. The molecule has 0 aromatic heterocycles. The predicted octanol–water partition coefficient (Wildman–Crippen LogP) is 1.66. The average Bonchev–Trinajstić information content (AvgIpc) is 2.98. The van der Waals surface area contributed by atoms with Gasteiger partial charge in [0, 0.05) is 19.2 Å². The zero-order chi connectivity index (χ0) is 17.0. The number of hydrogen-bond donors (Lipinski definition) is 3. The van der Waals surface area contributed by atoms with Crippen LogP contribution in [-0.4, -0.2) is 44.8 Å². The molecule has 1 heterocycles. The van der Waals surface area contributed by atoms with Gasteiger partial charge in [0.15, 0.2) is 0 Å². The van der Waals surface area contributed by atoms with Crippen molar-refractivity contribution in [2.75, 3.05) is 18.5 Å². The lowest BCUT2D eigenvalue weighted by molar-refractivity contribution is 0.0696. The first-order valence-electron chi connectivity index (χ1n) is 7.55. The summed E-state index contributed by atoms with van der Waals surface area (Å²) in [4.78, 5) is 11.1. The maximum absolute atomic E-state index is 12.6. The van der Waals surface area contributed by atoms with Crippen molar-refractivity contribution in [3.8, 4) is 0 Å². The highest BCUT2D eigenvalue weighted by molar-refractivity contribution is 7.89. The van der Waals surface area contributed by atoms with Gasteiger partial charge in [0.2, 0.25) is 10.0 Å². The lowest BCUT2D eigenvalue weighted by Crippen LogP contribution is -2.32. The molecule has 8 heteroatoms. The molecule has 0 bridgehead atoms. The Morgan fingerprint density at radius 1 is 1.43 bits per heavy atom. The molecule has 23 heavy (non-hydrogen) atoms. The maximum atomic E-state index is 12.6. The number of nitrogens with one attached hydrogen (secondary N) is 2. The van der Waals surface area contributed by atoms with E-state index >= 15 is 0 Å². The second-order valence-electron chi connectivity index (χ2n) is 5.80. The standard InChI is InChI=1S/C15H22N2O5S/c1-10(2)17-13-6-5-11(15(18)19)8-14(13)23(20,21)16-9-12-4-3-7-22-12/h5-6,8,10,12,16-17H,3-4,7,9H2,1-2H3,(H,18,19)/t12-/m0/s1. The monoisotopic (exact) mass is 342 g/mol. The van der Waals surface area contributed by atoms with Gasteiger partial charge in [0.05, 0.1) is 17.4 Å². The van der Waals surface area contributed by atoms with E-state index in [-0.39, 0.29) is 29.1 Å². The van der Waals surface area contributed by atoms with E-state index in [1.165, 1.54) is 18.2 Å². The molecule has 1 aliphatic rings. The quantitative estimate of drug-likeness (QED) is 0.696. The number of carbonyl (C=O) groups is 1. The molecule has 0 aliphatic carbocycles. The summed E-state index contributed by atoms with van der Waals surface area (Å²) >= 11 is 0. The molecule has 7 nitrogen and oxygen atoms in total. The van der Waals surface area contributed by atoms with Crippen LogP contribution in [0.1, 0.15) is 37.0 Å². The van der Waals surface area contributed by atoms with E-state index in [1.54, 1.807) is 0 Å². The van der Waals surface area contributed by atoms with Crippen molar-refractivity contribution in [2.45, 2.75) is 43.7 Å². The van der Waals surface area contributed by atoms with Crippen LogP contribution in [0.4, 0.5) is 5.69 Å². The van der Waals surface area contributed by atoms with E-state index in [9.17, 15) is 13.2 Å². The number of rotatable bonds is 7. The molecule has 0 spiro atoms. The van der Waals surface area contributed by atoms with Gasteiger partial charge in [-0.2, -0.15) is 0 Å². The molecule has 0 amide bonds. The van der Waals surface area contributed by atoms with E-state index in [0.717, 1.165) is 12.8 Å². The largest absolute Gasteiger partial charge is 0.478 e. The van der Waals surface area contributed by atoms with E-state index in [2.05, 4.69) is 10.0 Å². The molecule has 1 aliphatic heterocycles. The molecule has 0 saturated carbocycles. The molecule has 1 aromatic rings. The van der Waals surface area contributed by atoms with Crippen LogP contribution in [0.3, 0.4) is 0 Å². The van der Waals surface area contributed by atoms with Crippen LogP contribution in [0.25, 0.3) is 0 Å². The number of hydrogen-bond acceptors (Lipinski definition) is 5. The lowest BCUT2D eigenvalue weighted by Gasteiger charge is -2.17. The summed E-state index contributed by atoms with van der Waals surface area (Å²) in [5, 5.41) is 12.1. The summed E-state index contributed by atoms with van der Waals surface area (Å²) in [6, 6.07) is 4.04. The Bertz CT molecular complexity index is 666. The van der Waals surface area contributed by atoms with Crippen LogP contribution in [0.2, 0.25) is 0 Å². The molecule has 1 fully saturated rings. The molecule has 1 aromatic carbocycles. The summed E-state index contributed by atoms with van der Waals surface area (Å²) in [7, 11) is -3.84. The zero-order valence-corrected chi connectivity index (χ0v) is 14.0. The van der Waals surface area contributed by atoms with Crippen LogP contribution in [0.15, 0.2) is 23.1 Å². The first kappa shape index (κ1) is 17.7. The van der Waals surface area contributed by atoms with Crippen molar-refractivity contribution in [1.82, 2.24) is 4.72 Å². The third kappa shape index (κ3) is 4.66. The zero-order valence-electron chi connectivity index (χ0n) is 13.2. The number of benzene rings is 1. The maximum Gasteiger partial charge on any atom is 0.335 e. The summed E-state index contributed by atoms with van der Waals surface area (Å²) in [5.74, 6) is -1.17. The number of ether oxygens (including phenoxy) is 1. The van der Waals surface area contributed by atoms with Crippen LogP contribution in [-0.2, 0) is 14.8 Å². The number of carboxylic acid groups (broad SMARTS) is 1. The molecule has 2 rings (SSSR count). The molecule has 1 atom stereocenters. The minimum Gasteiger partial charge on any atom is -0.478 e. The smallest absolute Gasteiger partial charge is 0.335 e. The summed E-state index contributed by atoms with van der Waals surface area (Å²) in [6.45, 7) is 4.57. The highest BCUT2D eigenvalue weighted by Crippen LogP contribution is 2.24. The van der Waals surface area contributed by atoms with E-state index < -0.39 is 16.0 Å². The highest BCUT2D eigenvalue weighted by atomic mass is 32.2. The normalized spacial score (nSPS) is 18.3. The van der Waals surface area contributed by atoms with Gasteiger partial charge in [-0.15, -0.1) is 0 Å². The van der Waals surface area contributed by atoms with Crippen LogP contribution in [0, 0.1) is 0 Å². The fraction of sp³-hybridized carbons (Fsp3) is 0.533. The van der Waals surface area contributed by atoms with Crippen molar-refractivity contribution in [3.05, 3.63) is 23.8 Å². The van der Waals surface area contributed by atoms with Crippen LogP contribution in [0.5, 0.6) is 0 Å². The van der Waals surface area contributed by atoms with Gasteiger partial charge < -0.3 is 15.2 Å². The number of aromatic carboxylic acids is 1. The van der Waals surface area contributed by atoms with E-state index in [1.807, 2.05) is 13.8 Å². The molecular weight excluding hydrogens is 320 g/mol. The fourth-order valence-electron chi connectivity index (χ4n) is 2.39. The second kappa shape index (κ2) is 7.29. The Kier molecular flexibility index (Phi) is 5.61. The number of carboxylic acids is 1. The molecule has 1 saturated heterocycles. The van der Waals surface area contributed by atoms with Gasteiger partial charge >= 0.3 is 5.97 Å². The summed E-state index contributed by atoms with van der Waals surface area (Å²) in [5.41, 5.74) is 0.307. The fourth-order valence-corrected chi connectivity index (χ4v) is 3.65. The Morgan fingerprint density at radius 2 is 2.17 bits per heavy atom. The Labute approximate surface area is 136 Å². The minimum atomic E-state index is -3.84. The number of anilines is 1. The first-order valence-corrected chi connectivity index (χ1v) is 9.03. The Morgan fingerprint density at radius 3 is 2.74 bits per heavy atom. The van der Waals surface area contributed by atoms with Crippen molar-refractivity contribution < 1.29 is 23.1 Å². The van der Waals surface area contributed by atoms with Crippen molar-refractivity contribution in [1.29, 1.82) is 0 Å². The molecular formula is C15H22N2O5S. The van der Waals surface area contributed by atoms with Crippen LogP contribution >= 0.6 is 0 Å². The summed E-state index contributed by atoms with van der Waals surface area (Å²) < 4.78 is 33.0. The Balaban J connectivity index is 2.28. The average molecular weight is 342 g/mol. The van der Waals surface area contributed by atoms with E-state index in [0.29, 0.717) is 12.3 Å². The molecule has 128 valence electrons. The predicted molar refractivity (Wildman–Crippen MR) is 86.3 cm³/mol. The molecule has 0 unspecified atom stereocenters. The number of sulfonamides is 1. The van der Waals surface area contributed by atoms with Gasteiger partial charge in [0.1, 0.15) is 4.90 Å². The molecule has 0 radical (unpaired) electrons. The van der Waals surface area contributed by atoms with E-state index in [4.69, 9.17) is 9.84 Å². The van der Waals surface area contributed by atoms with Crippen molar-refractivity contribution in [2.24, 2.45) is 0 Å². The van der Waals surface area contributed by atoms with Crippen LogP contribution < -0.4 is 10.0 Å². The van der Waals surface area contributed by atoms with Gasteiger partial charge in [-0.3, -0.25) is 0 Å². The minimum absolute atomic E-state index is 0.0118. The lowest BCUT2D eigenvalue weighted by atomic mass is 10.2. The first-order chi connectivity index (χ1) is 10.8. The SMILES string of the molecule is CC(C)Nc1ccc(C(=O)O)cc1S(=O)(=O)NC[C@@H]1CCCO1. The van der Waals surface area contributed by atoms with Crippen molar-refractivity contribution in [3.63, 3.8) is 0 Å². The van der Waals surface area contributed by atoms with Gasteiger partial charge in [0.25, 0.3) is 0 Å². The topological polar surface area (TPSA) is 105 Å². The highest BCUT2D eigenvalue weighted by Gasteiger charge is 2.24. The molecule has 3 N–H and O–H groups in total. The summed E-state index contributed by atoms with van der Waals surface area (Å²) in [6.07, 6.45) is 1.60. The van der Waals surface area contributed by atoms with Gasteiger partial charge in [-0.25, -0.2) is 17.9 Å². The van der Waals surface area contributed by atoms with Gasteiger partial charge in [-0.1, -0.05) is 0 Å².